The van der Waals surface area contributed by atoms with Gasteiger partial charge in [-0.15, -0.1) is 0 Å². The molecule has 92 valence electrons. The van der Waals surface area contributed by atoms with Crippen LogP contribution in [0.2, 0.25) is 0 Å². The standard InChI is InChI=1S/C9H14F6/c1-4-5-6(2)7(3,8(10,11)12)9(13,14)15/h6H,4-5H2,1-3H3/t6-/m0/s1. The van der Waals surface area contributed by atoms with Gasteiger partial charge in [0.25, 0.3) is 0 Å². The number of hydrogen-bond acceptors (Lipinski definition) is 0. The minimum absolute atomic E-state index is 0.102. The molecule has 0 bridgehead atoms. The maximum Gasteiger partial charge on any atom is 0.403 e. The lowest BCUT2D eigenvalue weighted by atomic mass is 9.74. The summed E-state index contributed by atoms with van der Waals surface area (Å²) in [4.78, 5) is 0. The quantitative estimate of drug-likeness (QED) is 0.630. The Morgan fingerprint density at radius 2 is 1.27 bits per heavy atom. The Labute approximate surface area is 84.7 Å². The van der Waals surface area contributed by atoms with Crippen LogP contribution in [0.15, 0.2) is 0 Å². The van der Waals surface area contributed by atoms with Gasteiger partial charge in [-0.1, -0.05) is 20.3 Å². The molecule has 0 aromatic carbocycles. The van der Waals surface area contributed by atoms with E-state index in [2.05, 4.69) is 0 Å². The molecule has 0 aliphatic heterocycles. The first kappa shape index (κ1) is 14.6. The summed E-state index contributed by atoms with van der Waals surface area (Å²) in [5.41, 5.74) is -3.62. The predicted molar refractivity (Wildman–Crippen MR) is 44.3 cm³/mol. The zero-order valence-electron chi connectivity index (χ0n) is 8.76. The zero-order valence-corrected chi connectivity index (χ0v) is 8.76. The highest BCUT2D eigenvalue weighted by Gasteiger charge is 2.69. The molecule has 0 saturated heterocycles. The van der Waals surface area contributed by atoms with Crippen molar-refractivity contribution < 1.29 is 26.3 Å². The van der Waals surface area contributed by atoms with Gasteiger partial charge in [0, 0.05) is 0 Å². The molecule has 6 heteroatoms. The van der Waals surface area contributed by atoms with Gasteiger partial charge in [-0.3, -0.25) is 0 Å². The van der Waals surface area contributed by atoms with Crippen molar-refractivity contribution in [3.8, 4) is 0 Å². The van der Waals surface area contributed by atoms with Crippen molar-refractivity contribution in [3.63, 3.8) is 0 Å². The van der Waals surface area contributed by atoms with Gasteiger partial charge in [0.05, 0.1) is 0 Å². The van der Waals surface area contributed by atoms with Gasteiger partial charge in [0.2, 0.25) is 0 Å². The summed E-state index contributed by atoms with van der Waals surface area (Å²) >= 11 is 0. The third-order valence-corrected chi connectivity index (χ3v) is 2.89. The fourth-order valence-corrected chi connectivity index (χ4v) is 1.44. The highest BCUT2D eigenvalue weighted by atomic mass is 19.4. The van der Waals surface area contributed by atoms with Crippen LogP contribution < -0.4 is 0 Å². The molecule has 0 N–H and O–H groups in total. The lowest BCUT2D eigenvalue weighted by Crippen LogP contribution is -2.52. The van der Waals surface area contributed by atoms with Gasteiger partial charge < -0.3 is 0 Å². The van der Waals surface area contributed by atoms with E-state index in [9.17, 15) is 26.3 Å². The molecule has 0 aliphatic carbocycles. The van der Waals surface area contributed by atoms with Gasteiger partial charge in [-0.25, -0.2) is 0 Å². The Hall–Kier alpha value is -0.420. The fourth-order valence-electron chi connectivity index (χ4n) is 1.44. The van der Waals surface area contributed by atoms with E-state index in [1.807, 2.05) is 0 Å². The van der Waals surface area contributed by atoms with Crippen LogP contribution in [-0.2, 0) is 0 Å². The minimum Gasteiger partial charge on any atom is -0.170 e. The first-order valence-corrected chi connectivity index (χ1v) is 4.62. The van der Waals surface area contributed by atoms with Crippen molar-refractivity contribution in [3.05, 3.63) is 0 Å². The number of rotatable bonds is 3. The van der Waals surface area contributed by atoms with E-state index < -0.39 is 23.7 Å². The molecule has 0 aromatic rings. The Balaban J connectivity index is 5.23. The molecular weight excluding hydrogens is 222 g/mol. The van der Waals surface area contributed by atoms with E-state index >= 15 is 0 Å². The number of hydrogen-bond donors (Lipinski definition) is 0. The predicted octanol–water partition coefficient (Wildman–Crippen LogP) is 4.55. The second-order valence-corrected chi connectivity index (χ2v) is 3.89. The van der Waals surface area contributed by atoms with E-state index in [0.29, 0.717) is 6.42 Å². The van der Waals surface area contributed by atoms with Crippen LogP contribution in [-0.4, -0.2) is 12.4 Å². The summed E-state index contributed by atoms with van der Waals surface area (Å²) in [6, 6.07) is 0. The molecule has 0 saturated carbocycles. The zero-order chi connectivity index (χ0) is 12.5. The third kappa shape index (κ3) is 2.58. The van der Waals surface area contributed by atoms with E-state index in [1.165, 1.54) is 0 Å². The van der Waals surface area contributed by atoms with Crippen molar-refractivity contribution in [1.82, 2.24) is 0 Å². The monoisotopic (exact) mass is 236 g/mol. The molecule has 0 fully saturated rings. The van der Waals surface area contributed by atoms with E-state index in [0.717, 1.165) is 6.92 Å². The van der Waals surface area contributed by atoms with Gasteiger partial charge in [0.15, 0.2) is 5.41 Å². The van der Waals surface area contributed by atoms with Crippen LogP contribution in [0.25, 0.3) is 0 Å². The second kappa shape index (κ2) is 4.22. The first-order chi connectivity index (χ1) is 6.48. The maximum atomic E-state index is 12.5. The SMILES string of the molecule is CCC[C@H](C)C(C)(C(F)(F)F)C(F)(F)F. The van der Waals surface area contributed by atoms with E-state index in [-0.39, 0.29) is 13.3 Å². The van der Waals surface area contributed by atoms with Crippen molar-refractivity contribution >= 4 is 0 Å². The Morgan fingerprint density at radius 1 is 0.933 bits per heavy atom. The number of halogens is 6. The summed E-state index contributed by atoms with van der Waals surface area (Å²) in [7, 11) is 0. The highest BCUT2D eigenvalue weighted by Crippen LogP contribution is 2.55. The summed E-state index contributed by atoms with van der Waals surface area (Å²) in [5, 5.41) is 0. The normalized spacial score (nSPS) is 16.6. The largest absolute Gasteiger partial charge is 0.403 e. The minimum atomic E-state index is -5.26. The molecule has 0 nitrogen and oxygen atoms in total. The smallest absolute Gasteiger partial charge is 0.170 e. The third-order valence-electron chi connectivity index (χ3n) is 2.89. The Morgan fingerprint density at radius 3 is 1.47 bits per heavy atom. The average molecular weight is 236 g/mol. The molecular formula is C9H14F6. The summed E-state index contributed by atoms with van der Waals surface area (Å²) in [5.74, 6) is -1.47. The van der Waals surface area contributed by atoms with Crippen molar-refractivity contribution in [2.24, 2.45) is 11.3 Å². The van der Waals surface area contributed by atoms with Gasteiger partial charge >= 0.3 is 12.4 Å². The molecule has 0 heterocycles. The lowest BCUT2D eigenvalue weighted by molar-refractivity contribution is -0.350. The summed E-state index contributed by atoms with van der Waals surface area (Å²) in [6.45, 7) is 2.78. The van der Waals surface area contributed by atoms with Crippen molar-refractivity contribution in [2.75, 3.05) is 0 Å². The Kier molecular flexibility index (Phi) is 4.10. The topological polar surface area (TPSA) is 0 Å². The molecule has 0 rings (SSSR count). The Bertz CT molecular complexity index is 188. The van der Waals surface area contributed by atoms with Crippen LogP contribution in [0.3, 0.4) is 0 Å². The average Bonchev–Trinajstić information content (AvgIpc) is 1.99. The van der Waals surface area contributed by atoms with Crippen LogP contribution in [0, 0.1) is 11.3 Å². The van der Waals surface area contributed by atoms with E-state index in [4.69, 9.17) is 0 Å². The highest BCUT2D eigenvalue weighted by molar-refractivity contribution is 4.93. The molecule has 0 aromatic heterocycles. The van der Waals surface area contributed by atoms with Gasteiger partial charge in [0.1, 0.15) is 0 Å². The maximum absolute atomic E-state index is 12.5. The van der Waals surface area contributed by atoms with E-state index in [1.54, 1.807) is 6.92 Å². The van der Waals surface area contributed by atoms with Crippen molar-refractivity contribution in [1.29, 1.82) is 0 Å². The molecule has 0 aliphatic rings. The lowest BCUT2D eigenvalue weighted by Gasteiger charge is -2.38. The summed E-state index contributed by atoms with van der Waals surface area (Å²) < 4.78 is 74.7. The molecule has 1 atom stereocenters. The van der Waals surface area contributed by atoms with Gasteiger partial charge in [-0.05, 0) is 19.3 Å². The molecule has 0 amide bonds. The van der Waals surface area contributed by atoms with Crippen molar-refractivity contribution in [2.45, 2.75) is 46.0 Å². The first-order valence-electron chi connectivity index (χ1n) is 4.62. The summed E-state index contributed by atoms with van der Waals surface area (Å²) in [6.07, 6.45) is -10.3. The molecule has 0 unspecified atom stereocenters. The number of alkyl halides is 6. The van der Waals surface area contributed by atoms with Crippen LogP contribution in [0.1, 0.15) is 33.6 Å². The van der Waals surface area contributed by atoms with Crippen LogP contribution in [0.5, 0.6) is 0 Å². The molecule has 0 spiro atoms. The second-order valence-electron chi connectivity index (χ2n) is 3.89. The van der Waals surface area contributed by atoms with Gasteiger partial charge in [-0.2, -0.15) is 26.3 Å². The molecule has 15 heavy (non-hydrogen) atoms. The fraction of sp³-hybridized carbons (Fsp3) is 1.00. The van der Waals surface area contributed by atoms with Crippen LogP contribution >= 0.6 is 0 Å². The molecule has 0 radical (unpaired) electrons. The van der Waals surface area contributed by atoms with Crippen LogP contribution in [0.4, 0.5) is 26.3 Å².